The molecule has 1 aliphatic carbocycles. The second-order valence-electron chi connectivity index (χ2n) is 6.34. The molecule has 0 heterocycles. The Hall–Kier alpha value is -0.780. The van der Waals surface area contributed by atoms with Gasteiger partial charge in [0.05, 0.1) is 15.6 Å². The number of hydrogen-bond donors (Lipinski definition) is 2. The zero-order valence-corrected chi connectivity index (χ0v) is 14.1. The van der Waals surface area contributed by atoms with Crippen LogP contribution in [0.25, 0.3) is 0 Å². The van der Waals surface area contributed by atoms with Gasteiger partial charge in [-0.2, -0.15) is 0 Å². The van der Waals surface area contributed by atoms with Gasteiger partial charge in [0.1, 0.15) is 0 Å². The predicted octanol–water partition coefficient (Wildman–Crippen LogP) is 3.48. The first kappa shape index (κ1) is 16.6. The topological polar surface area (TPSA) is 72.2 Å². The Kier molecular flexibility index (Phi) is 4.85. The third-order valence-corrected chi connectivity index (χ3v) is 6.21. The highest BCUT2D eigenvalue weighted by molar-refractivity contribution is 7.89. The summed E-state index contributed by atoms with van der Waals surface area (Å²) in [6.45, 7) is 4.37. The molecule has 1 fully saturated rings. The first-order chi connectivity index (χ1) is 9.73. The lowest BCUT2D eigenvalue weighted by molar-refractivity contribution is 0.219. The minimum Gasteiger partial charge on any atom is -0.397 e. The summed E-state index contributed by atoms with van der Waals surface area (Å²) < 4.78 is 27.6. The Bertz CT molecular complexity index is 600. The smallest absolute Gasteiger partial charge is 0.240 e. The highest BCUT2D eigenvalue weighted by Crippen LogP contribution is 2.35. The summed E-state index contributed by atoms with van der Waals surface area (Å²) in [7, 11) is -3.55. The maximum absolute atomic E-state index is 12.4. The summed E-state index contributed by atoms with van der Waals surface area (Å²) in [5.41, 5.74) is 6.77. The molecule has 4 nitrogen and oxygen atoms in total. The van der Waals surface area contributed by atoms with E-state index in [1.54, 1.807) is 13.0 Å². The third kappa shape index (κ3) is 3.90. The average Bonchev–Trinajstić information content (AvgIpc) is 2.43. The Morgan fingerprint density at radius 1 is 1.29 bits per heavy atom. The molecule has 0 aromatic heterocycles. The normalized spacial score (nSPS) is 18.6. The highest BCUT2D eigenvalue weighted by Gasteiger charge is 2.29. The van der Waals surface area contributed by atoms with Crippen LogP contribution in [0.2, 0.25) is 5.02 Å². The van der Waals surface area contributed by atoms with Gasteiger partial charge < -0.3 is 5.73 Å². The highest BCUT2D eigenvalue weighted by atomic mass is 35.5. The van der Waals surface area contributed by atoms with Crippen LogP contribution in [-0.4, -0.2) is 15.0 Å². The molecule has 1 aromatic carbocycles. The summed E-state index contributed by atoms with van der Waals surface area (Å²) in [6.07, 6.45) is 5.72. The van der Waals surface area contributed by atoms with Crippen molar-refractivity contribution in [1.82, 2.24) is 4.72 Å². The number of nitrogens with two attached hydrogens (primary N) is 1. The minimum atomic E-state index is -3.55. The molecule has 0 radical (unpaired) electrons. The van der Waals surface area contributed by atoms with Gasteiger partial charge in [-0.25, -0.2) is 13.1 Å². The monoisotopic (exact) mass is 330 g/mol. The molecule has 1 aliphatic rings. The fourth-order valence-electron chi connectivity index (χ4n) is 2.85. The van der Waals surface area contributed by atoms with E-state index >= 15 is 0 Å². The van der Waals surface area contributed by atoms with Gasteiger partial charge in [0.15, 0.2) is 0 Å². The van der Waals surface area contributed by atoms with Crippen LogP contribution in [0.1, 0.15) is 44.6 Å². The van der Waals surface area contributed by atoms with Crippen molar-refractivity contribution in [1.29, 1.82) is 0 Å². The Morgan fingerprint density at radius 2 is 1.90 bits per heavy atom. The van der Waals surface area contributed by atoms with Crippen LogP contribution in [0, 0.1) is 12.3 Å². The number of sulfonamides is 1. The van der Waals surface area contributed by atoms with E-state index in [4.69, 9.17) is 17.3 Å². The molecule has 3 N–H and O–H groups in total. The van der Waals surface area contributed by atoms with E-state index in [9.17, 15) is 8.42 Å². The molecule has 2 rings (SSSR count). The number of rotatable bonds is 4. The number of benzene rings is 1. The molecule has 21 heavy (non-hydrogen) atoms. The summed E-state index contributed by atoms with van der Waals surface area (Å²) in [5, 5.41) is 0.410. The van der Waals surface area contributed by atoms with Crippen LogP contribution in [0.5, 0.6) is 0 Å². The van der Waals surface area contributed by atoms with Crippen molar-refractivity contribution >= 4 is 27.3 Å². The van der Waals surface area contributed by atoms with Gasteiger partial charge in [-0.1, -0.05) is 37.8 Å². The zero-order valence-electron chi connectivity index (χ0n) is 12.6. The number of halogens is 1. The summed E-state index contributed by atoms with van der Waals surface area (Å²) in [5.74, 6) is 0. The van der Waals surface area contributed by atoms with Crippen molar-refractivity contribution in [3.8, 4) is 0 Å². The van der Waals surface area contributed by atoms with E-state index in [0.717, 1.165) is 12.8 Å². The average molecular weight is 331 g/mol. The fraction of sp³-hybridized carbons (Fsp3) is 0.600. The molecule has 118 valence electrons. The van der Waals surface area contributed by atoms with Gasteiger partial charge in [0.2, 0.25) is 10.0 Å². The van der Waals surface area contributed by atoms with E-state index in [1.807, 2.05) is 0 Å². The quantitative estimate of drug-likeness (QED) is 0.830. The molecule has 0 saturated heterocycles. The molecule has 0 atom stereocenters. The summed E-state index contributed by atoms with van der Waals surface area (Å²) in [4.78, 5) is 0.182. The van der Waals surface area contributed by atoms with Gasteiger partial charge in [-0.05, 0) is 42.9 Å². The second kappa shape index (κ2) is 6.15. The van der Waals surface area contributed by atoms with Gasteiger partial charge in [0.25, 0.3) is 0 Å². The van der Waals surface area contributed by atoms with Crippen LogP contribution in [0.15, 0.2) is 17.0 Å². The molecular weight excluding hydrogens is 308 g/mol. The molecule has 0 aliphatic heterocycles. The summed E-state index contributed by atoms with van der Waals surface area (Å²) >= 11 is 5.98. The van der Waals surface area contributed by atoms with Crippen molar-refractivity contribution in [2.45, 2.75) is 50.8 Å². The molecule has 1 saturated carbocycles. The van der Waals surface area contributed by atoms with Crippen molar-refractivity contribution in [2.75, 3.05) is 12.3 Å². The Labute approximate surface area is 132 Å². The van der Waals surface area contributed by atoms with Gasteiger partial charge in [0, 0.05) is 6.54 Å². The second-order valence-corrected chi connectivity index (χ2v) is 8.48. The number of nitrogen functional groups attached to an aromatic ring is 1. The maximum Gasteiger partial charge on any atom is 0.240 e. The third-order valence-electron chi connectivity index (χ3n) is 4.32. The number of nitrogens with one attached hydrogen (secondary N) is 1. The Morgan fingerprint density at radius 3 is 2.48 bits per heavy atom. The van der Waals surface area contributed by atoms with Gasteiger partial charge >= 0.3 is 0 Å². The predicted molar refractivity (Wildman–Crippen MR) is 87.0 cm³/mol. The first-order valence-corrected chi connectivity index (χ1v) is 9.15. The van der Waals surface area contributed by atoms with Crippen LogP contribution >= 0.6 is 11.6 Å². The Balaban J connectivity index is 2.15. The zero-order chi connectivity index (χ0) is 15.7. The van der Waals surface area contributed by atoms with Gasteiger partial charge in [-0.15, -0.1) is 0 Å². The lowest BCUT2D eigenvalue weighted by Crippen LogP contribution is -2.37. The van der Waals surface area contributed by atoms with E-state index in [1.165, 1.54) is 25.3 Å². The van der Waals surface area contributed by atoms with Crippen molar-refractivity contribution in [3.05, 3.63) is 22.7 Å². The van der Waals surface area contributed by atoms with E-state index in [2.05, 4.69) is 11.6 Å². The standard InChI is InChI=1S/C15H23ClN2O2S/c1-11-8-12(9-13(17)14(11)16)21(19,20)18-10-15(2)6-4-3-5-7-15/h8-9,18H,3-7,10,17H2,1-2H3. The van der Waals surface area contributed by atoms with Crippen molar-refractivity contribution in [2.24, 2.45) is 5.41 Å². The van der Waals surface area contributed by atoms with E-state index in [0.29, 0.717) is 22.8 Å². The first-order valence-electron chi connectivity index (χ1n) is 7.29. The molecule has 0 spiro atoms. The van der Waals surface area contributed by atoms with Crippen molar-refractivity contribution < 1.29 is 8.42 Å². The lowest BCUT2D eigenvalue weighted by Gasteiger charge is -2.33. The van der Waals surface area contributed by atoms with Crippen LogP contribution in [0.3, 0.4) is 0 Å². The molecule has 0 amide bonds. The van der Waals surface area contributed by atoms with Crippen LogP contribution in [0.4, 0.5) is 5.69 Å². The molecule has 6 heteroatoms. The minimum absolute atomic E-state index is 0.0539. The molecule has 1 aromatic rings. The molecule has 0 unspecified atom stereocenters. The van der Waals surface area contributed by atoms with Crippen LogP contribution in [-0.2, 0) is 10.0 Å². The largest absolute Gasteiger partial charge is 0.397 e. The SMILES string of the molecule is Cc1cc(S(=O)(=O)NCC2(C)CCCCC2)cc(N)c1Cl. The molecular formula is C15H23ClN2O2S. The maximum atomic E-state index is 12.4. The number of anilines is 1. The molecule has 0 bridgehead atoms. The number of aryl methyl sites for hydroxylation is 1. The van der Waals surface area contributed by atoms with E-state index < -0.39 is 10.0 Å². The van der Waals surface area contributed by atoms with Gasteiger partial charge in [-0.3, -0.25) is 0 Å². The number of hydrogen-bond acceptors (Lipinski definition) is 3. The summed E-state index contributed by atoms with van der Waals surface area (Å²) in [6, 6.07) is 2.98. The lowest BCUT2D eigenvalue weighted by atomic mass is 9.76. The van der Waals surface area contributed by atoms with E-state index in [-0.39, 0.29) is 10.3 Å². The van der Waals surface area contributed by atoms with Crippen LogP contribution < -0.4 is 10.5 Å². The fourth-order valence-corrected chi connectivity index (χ4v) is 4.28. The van der Waals surface area contributed by atoms with Crippen molar-refractivity contribution in [3.63, 3.8) is 0 Å².